The molecule has 1 N–H and O–H groups in total. The molecule has 0 amide bonds. The number of hydrogen-bond acceptors (Lipinski definition) is 4. The molecule has 1 aromatic rings. The quantitative estimate of drug-likeness (QED) is 0.858. The van der Waals surface area contributed by atoms with E-state index in [0.717, 1.165) is 37.3 Å². The van der Waals surface area contributed by atoms with Gasteiger partial charge in [0.1, 0.15) is 12.2 Å². The molecule has 0 aromatic heterocycles. The number of allylic oxidation sites excluding steroid dienone is 1. The Hall–Kier alpha value is -1.78. The minimum Gasteiger partial charge on any atom is -0.493 e. The van der Waals surface area contributed by atoms with E-state index in [2.05, 4.69) is 30.7 Å². The van der Waals surface area contributed by atoms with Gasteiger partial charge in [-0.05, 0) is 50.0 Å². The third kappa shape index (κ3) is 1.74. The molecule has 4 aliphatic rings. The second kappa shape index (κ2) is 5.12. The van der Waals surface area contributed by atoms with Gasteiger partial charge in [0.15, 0.2) is 11.5 Å². The lowest BCUT2D eigenvalue weighted by Gasteiger charge is -2.56. The fourth-order valence-corrected chi connectivity index (χ4v) is 5.87. The Morgan fingerprint density at radius 1 is 1.48 bits per heavy atom. The number of aliphatic hydroxyl groups is 1. The average molecular weight is 339 g/mol. The first-order valence-electron chi connectivity index (χ1n) is 9.19. The van der Waals surface area contributed by atoms with Crippen LogP contribution in [-0.4, -0.2) is 49.0 Å². The van der Waals surface area contributed by atoms with E-state index in [1.165, 1.54) is 16.7 Å². The Balaban J connectivity index is 1.83. The first-order chi connectivity index (χ1) is 12.1. The molecule has 2 heterocycles. The van der Waals surface area contributed by atoms with E-state index in [1.807, 2.05) is 12.2 Å². The number of hydrogen-bond donors (Lipinski definition) is 1. The summed E-state index contributed by atoms with van der Waals surface area (Å²) in [6.45, 7) is 4.97. The smallest absolute Gasteiger partial charge is 0.166 e. The van der Waals surface area contributed by atoms with Crippen LogP contribution < -0.4 is 9.47 Å². The van der Waals surface area contributed by atoms with Crippen LogP contribution in [0.2, 0.25) is 0 Å². The summed E-state index contributed by atoms with van der Waals surface area (Å²) in [5, 5.41) is 10.7. The molecule has 0 unspecified atom stereocenters. The number of likely N-dealkylation sites (tertiary alicyclic amines) is 1. The van der Waals surface area contributed by atoms with Gasteiger partial charge in [0.25, 0.3) is 0 Å². The predicted octanol–water partition coefficient (Wildman–Crippen LogP) is 2.23. The molecule has 25 heavy (non-hydrogen) atoms. The number of piperidine rings is 1. The van der Waals surface area contributed by atoms with Crippen molar-refractivity contribution in [1.82, 2.24) is 4.90 Å². The highest BCUT2D eigenvalue weighted by molar-refractivity contribution is 5.64. The number of likely N-dealkylation sites (N-methyl/N-ethyl adjacent to an activating group) is 1. The summed E-state index contributed by atoms with van der Waals surface area (Å²) >= 11 is 0. The molecule has 4 heteroatoms. The number of rotatable bonds is 3. The predicted molar refractivity (Wildman–Crippen MR) is 96.4 cm³/mol. The van der Waals surface area contributed by atoms with Gasteiger partial charge in [0, 0.05) is 22.9 Å². The van der Waals surface area contributed by atoms with E-state index >= 15 is 0 Å². The van der Waals surface area contributed by atoms with Gasteiger partial charge in [0.05, 0.1) is 7.11 Å². The molecule has 0 radical (unpaired) electrons. The topological polar surface area (TPSA) is 41.9 Å². The third-order valence-corrected chi connectivity index (χ3v) is 6.94. The van der Waals surface area contributed by atoms with Crippen LogP contribution in [0, 0.1) is 5.92 Å². The van der Waals surface area contributed by atoms with Crippen LogP contribution in [0.3, 0.4) is 0 Å². The maximum atomic E-state index is 10.7. The zero-order valence-electron chi connectivity index (χ0n) is 14.9. The molecule has 5 atom stereocenters. The van der Waals surface area contributed by atoms with Crippen LogP contribution in [-0.2, 0) is 18.3 Å². The zero-order valence-corrected chi connectivity index (χ0v) is 14.9. The molecule has 5 rings (SSSR count). The second-order valence-corrected chi connectivity index (χ2v) is 7.90. The number of nitrogens with zero attached hydrogens (tertiary/aromatic N) is 1. The van der Waals surface area contributed by atoms with Crippen molar-refractivity contribution in [1.29, 1.82) is 0 Å². The number of methoxy groups -OCH3 is 1. The summed E-state index contributed by atoms with van der Waals surface area (Å²) in [6, 6.07) is 2.57. The first kappa shape index (κ1) is 15.5. The minimum atomic E-state index is -0.564. The van der Waals surface area contributed by atoms with Crippen molar-refractivity contribution in [3.63, 3.8) is 0 Å². The molecule has 4 nitrogen and oxygen atoms in total. The van der Waals surface area contributed by atoms with Gasteiger partial charge >= 0.3 is 0 Å². The first-order valence-corrected chi connectivity index (χ1v) is 9.19. The summed E-state index contributed by atoms with van der Waals surface area (Å²) < 4.78 is 12.1. The van der Waals surface area contributed by atoms with E-state index in [9.17, 15) is 5.11 Å². The van der Waals surface area contributed by atoms with Crippen LogP contribution in [0.15, 0.2) is 30.9 Å². The van der Waals surface area contributed by atoms with E-state index in [1.54, 1.807) is 7.11 Å². The van der Waals surface area contributed by atoms with Gasteiger partial charge in [0.2, 0.25) is 0 Å². The fraction of sp³-hybridized carbons (Fsp3) is 0.524. The standard InChI is InChI=1S/C21H25NO3/c1-4-5-12-10-17(24-3)19-18-13(12)11-15-14-6-7-16(23)20(25-19)21(14,18)8-9-22(15)2/h4,6-7,10,14-16,20,23H,1,5,8-9,11H2,2-3H3/t14-,15-,16+,20+,21+/m1/s1. The SMILES string of the molecule is C=CCc1cc(OC)c2c3c1C[C@@H]1[C@H]4C=C[C@H](O)[C@H](O2)[C@]34CCN1C. The van der Waals surface area contributed by atoms with Gasteiger partial charge in [-0.2, -0.15) is 0 Å². The van der Waals surface area contributed by atoms with E-state index in [-0.39, 0.29) is 11.5 Å². The molecular weight excluding hydrogens is 314 g/mol. The van der Waals surface area contributed by atoms with Crippen molar-refractivity contribution in [2.45, 2.75) is 42.9 Å². The number of ether oxygens (including phenoxy) is 2. The van der Waals surface area contributed by atoms with Gasteiger partial charge in [-0.25, -0.2) is 0 Å². The molecular formula is C21H25NO3. The highest BCUT2D eigenvalue weighted by atomic mass is 16.5. The largest absolute Gasteiger partial charge is 0.493 e. The Labute approximate surface area is 148 Å². The van der Waals surface area contributed by atoms with Crippen molar-refractivity contribution in [2.75, 3.05) is 20.7 Å². The lowest BCUT2D eigenvalue weighted by atomic mass is 9.53. The average Bonchev–Trinajstić information content (AvgIpc) is 2.96. The number of benzene rings is 1. The fourth-order valence-electron chi connectivity index (χ4n) is 5.87. The summed E-state index contributed by atoms with van der Waals surface area (Å²) in [5.41, 5.74) is 3.87. The summed E-state index contributed by atoms with van der Waals surface area (Å²) in [4.78, 5) is 2.48. The molecule has 1 fully saturated rings. The molecule has 1 spiro atoms. The van der Waals surface area contributed by atoms with E-state index in [4.69, 9.17) is 9.47 Å². The Bertz CT molecular complexity index is 786. The normalized spacial score (nSPS) is 37.4. The van der Waals surface area contributed by atoms with Crippen molar-refractivity contribution in [3.8, 4) is 11.5 Å². The summed E-state index contributed by atoms with van der Waals surface area (Å²) in [6.07, 6.45) is 8.24. The molecule has 1 aromatic carbocycles. The number of aliphatic hydroxyl groups excluding tert-OH is 1. The van der Waals surface area contributed by atoms with Crippen molar-refractivity contribution >= 4 is 0 Å². The van der Waals surface area contributed by atoms with Gasteiger partial charge < -0.3 is 19.5 Å². The van der Waals surface area contributed by atoms with E-state index < -0.39 is 6.10 Å². The van der Waals surface area contributed by atoms with Crippen LogP contribution in [0.4, 0.5) is 0 Å². The monoisotopic (exact) mass is 339 g/mol. The maximum Gasteiger partial charge on any atom is 0.166 e. The zero-order chi connectivity index (χ0) is 17.3. The van der Waals surface area contributed by atoms with Crippen LogP contribution in [0.1, 0.15) is 23.1 Å². The minimum absolute atomic E-state index is 0.126. The van der Waals surface area contributed by atoms with Crippen molar-refractivity contribution < 1.29 is 14.6 Å². The highest BCUT2D eigenvalue weighted by Crippen LogP contribution is 2.63. The van der Waals surface area contributed by atoms with Gasteiger partial charge in [-0.3, -0.25) is 0 Å². The molecule has 2 bridgehead atoms. The molecule has 0 saturated carbocycles. The summed E-state index contributed by atoms with van der Waals surface area (Å²) in [5.74, 6) is 2.05. The van der Waals surface area contributed by atoms with E-state index in [0.29, 0.717) is 12.0 Å². The van der Waals surface area contributed by atoms with Crippen molar-refractivity contribution in [3.05, 3.63) is 47.6 Å². The molecule has 2 aliphatic heterocycles. The van der Waals surface area contributed by atoms with Crippen molar-refractivity contribution in [2.24, 2.45) is 5.92 Å². The van der Waals surface area contributed by atoms with Crippen LogP contribution in [0.25, 0.3) is 0 Å². The Kier molecular flexibility index (Phi) is 3.17. The van der Waals surface area contributed by atoms with Crippen LogP contribution in [0.5, 0.6) is 11.5 Å². The molecule has 2 aliphatic carbocycles. The van der Waals surface area contributed by atoms with Gasteiger partial charge in [-0.1, -0.05) is 18.2 Å². The van der Waals surface area contributed by atoms with Gasteiger partial charge in [-0.15, -0.1) is 6.58 Å². The molecule has 132 valence electrons. The Morgan fingerprint density at radius 3 is 3.08 bits per heavy atom. The lowest BCUT2D eigenvalue weighted by molar-refractivity contribution is -0.0454. The summed E-state index contributed by atoms with van der Waals surface area (Å²) in [7, 11) is 3.93. The van der Waals surface area contributed by atoms with Crippen LogP contribution >= 0.6 is 0 Å². The Morgan fingerprint density at radius 2 is 2.32 bits per heavy atom. The second-order valence-electron chi connectivity index (χ2n) is 7.90. The maximum absolute atomic E-state index is 10.7. The molecule has 1 saturated heterocycles. The lowest BCUT2D eigenvalue weighted by Crippen LogP contribution is -2.64. The highest BCUT2D eigenvalue weighted by Gasteiger charge is 2.64. The third-order valence-electron chi connectivity index (χ3n) is 6.94.